The molecule has 1 nitrogen and oxygen atoms in total. The van der Waals surface area contributed by atoms with Gasteiger partial charge in [0.2, 0.25) is 0 Å². The van der Waals surface area contributed by atoms with Crippen molar-refractivity contribution in [2.45, 2.75) is 60.3 Å². The lowest BCUT2D eigenvalue weighted by atomic mass is 9.60. The predicted octanol–water partition coefficient (Wildman–Crippen LogP) is 5.35. The number of benzene rings is 1. The number of rotatable bonds is 5. The first-order valence-corrected chi connectivity index (χ1v) is 7.03. The number of phenolic OH excluding ortho intramolecular Hbond substituents is 1. The van der Waals surface area contributed by atoms with Crippen LogP contribution in [-0.2, 0) is 0 Å². The Kier molecular flexibility index (Phi) is 4.47. The molecule has 1 aromatic carbocycles. The maximum atomic E-state index is 9.46. The van der Waals surface area contributed by atoms with Crippen molar-refractivity contribution in [3.63, 3.8) is 0 Å². The van der Waals surface area contributed by atoms with Gasteiger partial charge in [0.15, 0.2) is 0 Å². The number of phenols is 1. The molecule has 18 heavy (non-hydrogen) atoms. The molecule has 0 radical (unpaired) electrons. The fourth-order valence-corrected chi connectivity index (χ4v) is 3.04. The molecule has 0 aliphatic heterocycles. The lowest BCUT2D eigenvalue weighted by Gasteiger charge is -2.44. The first-order valence-electron chi connectivity index (χ1n) is 7.03. The van der Waals surface area contributed by atoms with E-state index in [4.69, 9.17) is 0 Å². The van der Waals surface area contributed by atoms with Crippen molar-refractivity contribution < 1.29 is 5.11 Å². The Morgan fingerprint density at radius 1 is 0.889 bits per heavy atom. The van der Waals surface area contributed by atoms with Crippen molar-refractivity contribution >= 4 is 0 Å². The molecule has 1 N–H and O–H groups in total. The summed E-state index contributed by atoms with van der Waals surface area (Å²) in [6.45, 7) is 13.9. The van der Waals surface area contributed by atoms with Crippen LogP contribution in [0, 0.1) is 10.8 Å². The van der Waals surface area contributed by atoms with Gasteiger partial charge in [-0.05, 0) is 34.4 Å². The average molecular weight is 248 g/mol. The van der Waals surface area contributed by atoms with Gasteiger partial charge < -0.3 is 5.11 Å². The third-order valence-corrected chi connectivity index (χ3v) is 4.61. The molecule has 0 aliphatic rings. The van der Waals surface area contributed by atoms with E-state index in [1.165, 1.54) is 5.56 Å². The summed E-state index contributed by atoms with van der Waals surface area (Å²) in [6, 6.07) is 7.77. The Morgan fingerprint density at radius 3 is 1.61 bits per heavy atom. The number of hydrogen-bond donors (Lipinski definition) is 1. The van der Waals surface area contributed by atoms with Crippen LogP contribution in [-0.4, -0.2) is 5.11 Å². The zero-order valence-electron chi connectivity index (χ0n) is 12.7. The van der Waals surface area contributed by atoms with Crippen LogP contribution in [0.2, 0.25) is 0 Å². The highest BCUT2D eigenvalue weighted by Gasteiger charge is 2.39. The van der Waals surface area contributed by atoms with Gasteiger partial charge >= 0.3 is 0 Å². The van der Waals surface area contributed by atoms with E-state index >= 15 is 0 Å². The Balaban J connectivity index is 3.25. The minimum Gasteiger partial charge on any atom is -0.508 e. The normalized spacial score (nSPS) is 13.1. The van der Waals surface area contributed by atoms with Gasteiger partial charge in [-0.25, -0.2) is 0 Å². The highest BCUT2D eigenvalue weighted by Crippen LogP contribution is 2.51. The summed E-state index contributed by atoms with van der Waals surface area (Å²) in [4.78, 5) is 0. The Morgan fingerprint density at radius 2 is 1.28 bits per heavy atom. The van der Waals surface area contributed by atoms with E-state index in [1.807, 2.05) is 0 Å². The number of aromatic hydroxyl groups is 1. The van der Waals surface area contributed by atoms with E-state index in [0.717, 1.165) is 12.8 Å². The molecule has 1 rings (SSSR count). The van der Waals surface area contributed by atoms with Crippen molar-refractivity contribution in [1.29, 1.82) is 0 Å². The lowest BCUT2D eigenvalue weighted by molar-refractivity contribution is 0.132. The van der Waals surface area contributed by atoms with Crippen LogP contribution >= 0.6 is 0 Å². The lowest BCUT2D eigenvalue weighted by Crippen LogP contribution is -2.33. The second-order valence-electron chi connectivity index (χ2n) is 6.71. The summed E-state index contributed by atoms with van der Waals surface area (Å²) in [6.07, 6.45) is 2.31. The van der Waals surface area contributed by atoms with Crippen LogP contribution in [0.15, 0.2) is 24.3 Å². The Bertz CT molecular complexity index is 357. The summed E-state index contributed by atoms with van der Waals surface area (Å²) in [7, 11) is 0. The molecule has 0 spiro atoms. The van der Waals surface area contributed by atoms with Crippen LogP contribution in [0.4, 0.5) is 0 Å². The van der Waals surface area contributed by atoms with Crippen molar-refractivity contribution in [2.24, 2.45) is 10.8 Å². The maximum Gasteiger partial charge on any atom is 0.115 e. The molecule has 0 saturated heterocycles. The van der Waals surface area contributed by atoms with E-state index in [9.17, 15) is 5.11 Å². The van der Waals surface area contributed by atoms with Gasteiger partial charge in [0.1, 0.15) is 5.75 Å². The first-order chi connectivity index (χ1) is 8.24. The molecular weight excluding hydrogens is 220 g/mol. The topological polar surface area (TPSA) is 20.2 Å². The molecule has 0 atom stereocenters. The van der Waals surface area contributed by atoms with Crippen LogP contribution in [0.5, 0.6) is 5.75 Å². The Hall–Kier alpha value is -0.980. The second-order valence-corrected chi connectivity index (χ2v) is 6.71. The van der Waals surface area contributed by atoms with Crippen molar-refractivity contribution in [1.82, 2.24) is 0 Å². The van der Waals surface area contributed by atoms with E-state index in [1.54, 1.807) is 12.1 Å². The zero-order valence-corrected chi connectivity index (χ0v) is 12.7. The molecule has 0 aliphatic carbocycles. The minimum absolute atomic E-state index is 0.260. The van der Waals surface area contributed by atoms with Crippen molar-refractivity contribution in [2.75, 3.05) is 0 Å². The fourth-order valence-electron chi connectivity index (χ4n) is 3.04. The first kappa shape index (κ1) is 15.1. The van der Waals surface area contributed by atoms with Crippen LogP contribution in [0.3, 0.4) is 0 Å². The Labute approximate surface area is 112 Å². The van der Waals surface area contributed by atoms with E-state index in [2.05, 4.69) is 53.7 Å². The fraction of sp³-hybridized carbons (Fsp3) is 0.647. The van der Waals surface area contributed by atoms with Gasteiger partial charge in [-0.1, -0.05) is 66.5 Å². The molecule has 0 amide bonds. The highest BCUT2D eigenvalue weighted by molar-refractivity contribution is 5.30. The number of hydrogen-bond acceptors (Lipinski definition) is 1. The van der Waals surface area contributed by atoms with Gasteiger partial charge in [0.25, 0.3) is 0 Å². The van der Waals surface area contributed by atoms with Crippen LogP contribution in [0.1, 0.15) is 65.9 Å². The van der Waals surface area contributed by atoms with Gasteiger partial charge in [0, 0.05) is 0 Å². The summed E-state index contributed by atoms with van der Waals surface area (Å²) >= 11 is 0. The minimum atomic E-state index is 0.260. The molecule has 1 aromatic rings. The average Bonchev–Trinajstić information content (AvgIpc) is 2.31. The molecule has 0 unspecified atom stereocenters. The summed E-state index contributed by atoms with van der Waals surface area (Å²) in [5.74, 6) is 0.849. The van der Waals surface area contributed by atoms with Crippen LogP contribution in [0.25, 0.3) is 0 Å². The predicted molar refractivity (Wildman–Crippen MR) is 79.0 cm³/mol. The van der Waals surface area contributed by atoms with E-state index < -0.39 is 0 Å². The van der Waals surface area contributed by atoms with Gasteiger partial charge in [-0.2, -0.15) is 0 Å². The van der Waals surface area contributed by atoms with Crippen LogP contribution < -0.4 is 0 Å². The molecule has 0 saturated carbocycles. The molecule has 102 valence electrons. The smallest absolute Gasteiger partial charge is 0.115 e. The van der Waals surface area contributed by atoms with E-state index in [0.29, 0.717) is 11.7 Å². The molecule has 1 heteroatoms. The van der Waals surface area contributed by atoms with Gasteiger partial charge in [-0.15, -0.1) is 0 Å². The molecular formula is C17H28O. The summed E-state index contributed by atoms with van der Waals surface area (Å²) < 4.78 is 0. The molecule has 0 heterocycles. The molecule has 0 bridgehead atoms. The second kappa shape index (κ2) is 5.34. The third-order valence-electron chi connectivity index (χ3n) is 4.61. The molecule has 0 aromatic heterocycles. The molecule has 0 fully saturated rings. The van der Waals surface area contributed by atoms with Crippen molar-refractivity contribution in [3.05, 3.63) is 29.8 Å². The quantitative estimate of drug-likeness (QED) is 0.745. The standard InChI is InChI=1S/C17H28O/c1-7-16(3,4)15(17(5,6)8-2)13-9-11-14(18)12-10-13/h9-12,15,18H,7-8H2,1-6H3. The van der Waals surface area contributed by atoms with Crippen molar-refractivity contribution in [3.8, 4) is 5.75 Å². The summed E-state index contributed by atoms with van der Waals surface area (Å²) in [5.41, 5.74) is 1.86. The summed E-state index contributed by atoms with van der Waals surface area (Å²) in [5, 5.41) is 9.46. The monoisotopic (exact) mass is 248 g/mol. The zero-order chi connectivity index (χ0) is 14.0. The SMILES string of the molecule is CCC(C)(C)C(c1ccc(O)cc1)C(C)(C)CC. The largest absolute Gasteiger partial charge is 0.508 e. The third kappa shape index (κ3) is 3.07. The van der Waals surface area contributed by atoms with Gasteiger partial charge in [0.05, 0.1) is 0 Å². The van der Waals surface area contributed by atoms with E-state index in [-0.39, 0.29) is 10.8 Å². The van der Waals surface area contributed by atoms with Gasteiger partial charge in [-0.3, -0.25) is 0 Å². The maximum absolute atomic E-state index is 9.46. The highest BCUT2D eigenvalue weighted by atomic mass is 16.3.